The Morgan fingerprint density at radius 1 is 1.21 bits per heavy atom. The number of hydrazine groups is 1. The summed E-state index contributed by atoms with van der Waals surface area (Å²) in [7, 11) is 0. The third kappa shape index (κ3) is 4.21. The maximum atomic E-state index is 5.44. The monoisotopic (exact) mass is 282 g/mol. The van der Waals surface area contributed by atoms with E-state index in [9.17, 15) is 0 Å². The van der Waals surface area contributed by atoms with Crippen LogP contribution in [0.25, 0.3) is 0 Å². The van der Waals surface area contributed by atoms with Crippen LogP contribution in [0.15, 0.2) is 5.16 Å². The molecule has 0 spiro atoms. The fourth-order valence-electron chi connectivity index (χ4n) is 2.02. The fourth-order valence-corrected chi connectivity index (χ4v) is 2.93. The number of nitrogens with zero attached hydrogens (tertiary/aromatic N) is 4. The molecule has 1 aliphatic heterocycles. The number of unbranched alkanes of at least 4 members (excludes halogenated alkanes) is 1. The summed E-state index contributed by atoms with van der Waals surface area (Å²) in [4.78, 5) is 15.4. The van der Waals surface area contributed by atoms with E-state index in [1.54, 1.807) is 11.8 Å². The lowest BCUT2D eigenvalue weighted by Gasteiger charge is -2.26. The third-order valence-corrected chi connectivity index (χ3v) is 4.03. The van der Waals surface area contributed by atoms with Crippen LogP contribution in [-0.4, -0.2) is 33.8 Å². The predicted molar refractivity (Wildman–Crippen MR) is 79.3 cm³/mol. The average Bonchev–Trinajstić information content (AvgIpc) is 2.48. The van der Waals surface area contributed by atoms with E-state index in [1.807, 2.05) is 0 Å². The van der Waals surface area contributed by atoms with Crippen LogP contribution in [0.2, 0.25) is 0 Å². The van der Waals surface area contributed by atoms with E-state index in [-0.39, 0.29) is 0 Å². The van der Waals surface area contributed by atoms with Crippen molar-refractivity contribution in [1.82, 2.24) is 15.0 Å². The van der Waals surface area contributed by atoms with Crippen LogP contribution in [0, 0.1) is 0 Å². The molecule has 0 atom stereocenters. The molecule has 1 fully saturated rings. The molecule has 0 aromatic carbocycles. The van der Waals surface area contributed by atoms with Crippen molar-refractivity contribution in [3.8, 4) is 0 Å². The molecule has 19 heavy (non-hydrogen) atoms. The van der Waals surface area contributed by atoms with Gasteiger partial charge in [0.15, 0.2) is 5.16 Å². The van der Waals surface area contributed by atoms with Gasteiger partial charge in [0.25, 0.3) is 0 Å². The van der Waals surface area contributed by atoms with Gasteiger partial charge in [-0.3, -0.25) is 5.43 Å². The zero-order chi connectivity index (χ0) is 13.5. The topological polar surface area (TPSA) is 80.0 Å². The zero-order valence-electron chi connectivity index (χ0n) is 11.4. The van der Waals surface area contributed by atoms with Crippen molar-refractivity contribution in [3.05, 3.63) is 0 Å². The van der Waals surface area contributed by atoms with Crippen LogP contribution in [0.3, 0.4) is 0 Å². The molecule has 0 radical (unpaired) electrons. The number of hydrogen-bond acceptors (Lipinski definition) is 7. The van der Waals surface area contributed by atoms with Gasteiger partial charge in [0.05, 0.1) is 0 Å². The Hall–Kier alpha value is -1.08. The van der Waals surface area contributed by atoms with Gasteiger partial charge >= 0.3 is 0 Å². The highest BCUT2D eigenvalue weighted by atomic mass is 32.2. The second-order valence-electron chi connectivity index (χ2n) is 4.64. The van der Waals surface area contributed by atoms with Gasteiger partial charge in [0.2, 0.25) is 11.9 Å². The maximum Gasteiger partial charge on any atom is 0.242 e. The molecule has 1 aliphatic rings. The molecule has 0 amide bonds. The minimum absolute atomic E-state index is 0.453. The van der Waals surface area contributed by atoms with Gasteiger partial charge in [-0.25, -0.2) is 5.84 Å². The molecule has 106 valence electrons. The second kappa shape index (κ2) is 7.49. The average molecular weight is 282 g/mol. The van der Waals surface area contributed by atoms with Crippen molar-refractivity contribution >= 4 is 23.7 Å². The molecule has 2 rings (SSSR count). The molecule has 0 unspecified atom stereocenters. The first-order valence-electron chi connectivity index (χ1n) is 6.94. The number of thioether (sulfide) groups is 1. The standard InChI is InChI=1S/C12H22N6S/c1-2-3-9-19-12-15-10(17-13)14-11(16-12)18-7-5-4-6-8-18/h2-9,13H2,1H3,(H,14,15,16,17). The molecule has 1 saturated heterocycles. The molecular formula is C12H22N6S. The molecule has 3 N–H and O–H groups in total. The summed E-state index contributed by atoms with van der Waals surface area (Å²) in [6, 6.07) is 0. The predicted octanol–water partition coefficient (Wildman–Crippen LogP) is 2.04. The minimum Gasteiger partial charge on any atom is -0.341 e. The number of nitrogens with one attached hydrogen (secondary N) is 1. The summed E-state index contributed by atoms with van der Waals surface area (Å²) in [6.45, 7) is 4.22. The Balaban J connectivity index is 2.10. The highest BCUT2D eigenvalue weighted by Gasteiger charge is 2.16. The Labute approximate surface area is 118 Å². The van der Waals surface area contributed by atoms with E-state index in [0.717, 1.165) is 29.9 Å². The highest BCUT2D eigenvalue weighted by Crippen LogP contribution is 2.21. The Morgan fingerprint density at radius 2 is 2.00 bits per heavy atom. The summed E-state index contributed by atoms with van der Waals surface area (Å²) >= 11 is 1.67. The normalized spacial score (nSPS) is 15.6. The second-order valence-corrected chi connectivity index (χ2v) is 5.70. The Kier molecular flexibility index (Phi) is 5.65. The summed E-state index contributed by atoms with van der Waals surface area (Å²) in [6.07, 6.45) is 6.05. The minimum atomic E-state index is 0.453. The van der Waals surface area contributed by atoms with Gasteiger partial charge in [0, 0.05) is 18.8 Å². The molecule has 1 aromatic heterocycles. The lowest BCUT2D eigenvalue weighted by atomic mass is 10.1. The summed E-state index contributed by atoms with van der Waals surface area (Å²) in [5.74, 6) is 7.68. The van der Waals surface area contributed by atoms with Crippen molar-refractivity contribution in [2.24, 2.45) is 5.84 Å². The molecule has 1 aromatic rings. The SMILES string of the molecule is CCCCSc1nc(NN)nc(N2CCCCC2)n1. The summed E-state index contributed by atoms with van der Waals surface area (Å²) in [5, 5.41) is 0.761. The highest BCUT2D eigenvalue weighted by molar-refractivity contribution is 7.99. The zero-order valence-corrected chi connectivity index (χ0v) is 12.2. The fraction of sp³-hybridized carbons (Fsp3) is 0.750. The maximum absolute atomic E-state index is 5.44. The van der Waals surface area contributed by atoms with E-state index in [1.165, 1.54) is 32.1 Å². The van der Waals surface area contributed by atoms with Crippen LogP contribution >= 0.6 is 11.8 Å². The number of nitrogens with two attached hydrogens (primary N) is 1. The van der Waals surface area contributed by atoms with Gasteiger partial charge in [-0.05, 0) is 25.7 Å². The lowest BCUT2D eigenvalue weighted by Crippen LogP contribution is -2.31. The molecule has 6 nitrogen and oxygen atoms in total. The van der Waals surface area contributed by atoms with Crippen molar-refractivity contribution in [2.75, 3.05) is 29.2 Å². The van der Waals surface area contributed by atoms with E-state index in [0.29, 0.717) is 5.95 Å². The van der Waals surface area contributed by atoms with Gasteiger partial charge in [-0.1, -0.05) is 25.1 Å². The number of piperidine rings is 1. The van der Waals surface area contributed by atoms with Crippen molar-refractivity contribution < 1.29 is 0 Å². The van der Waals surface area contributed by atoms with Crippen LogP contribution in [0.5, 0.6) is 0 Å². The molecule has 0 aliphatic carbocycles. The largest absolute Gasteiger partial charge is 0.341 e. The van der Waals surface area contributed by atoms with Gasteiger partial charge in [-0.2, -0.15) is 15.0 Å². The quantitative estimate of drug-likeness (QED) is 0.358. The first-order valence-corrected chi connectivity index (χ1v) is 7.92. The van der Waals surface area contributed by atoms with Gasteiger partial charge in [-0.15, -0.1) is 0 Å². The lowest BCUT2D eigenvalue weighted by molar-refractivity contribution is 0.565. The number of rotatable bonds is 6. The van der Waals surface area contributed by atoms with Gasteiger partial charge in [0.1, 0.15) is 0 Å². The molecule has 2 heterocycles. The first kappa shape index (κ1) is 14.3. The van der Waals surface area contributed by atoms with E-state index in [2.05, 4.69) is 32.2 Å². The van der Waals surface area contributed by atoms with Crippen LogP contribution < -0.4 is 16.2 Å². The number of anilines is 2. The molecule has 0 saturated carbocycles. The van der Waals surface area contributed by atoms with E-state index < -0.39 is 0 Å². The molecule has 0 bridgehead atoms. The van der Waals surface area contributed by atoms with Crippen LogP contribution in [0.4, 0.5) is 11.9 Å². The van der Waals surface area contributed by atoms with Crippen molar-refractivity contribution in [1.29, 1.82) is 0 Å². The Bertz CT molecular complexity index is 394. The van der Waals surface area contributed by atoms with Crippen LogP contribution in [-0.2, 0) is 0 Å². The smallest absolute Gasteiger partial charge is 0.242 e. The van der Waals surface area contributed by atoms with Crippen LogP contribution in [0.1, 0.15) is 39.0 Å². The summed E-state index contributed by atoms with van der Waals surface area (Å²) in [5.41, 5.74) is 2.54. The summed E-state index contributed by atoms with van der Waals surface area (Å²) < 4.78 is 0. The van der Waals surface area contributed by atoms with E-state index in [4.69, 9.17) is 5.84 Å². The Morgan fingerprint density at radius 3 is 2.68 bits per heavy atom. The third-order valence-electron chi connectivity index (χ3n) is 3.10. The molecule has 7 heteroatoms. The van der Waals surface area contributed by atoms with Crippen molar-refractivity contribution in [3.63, 3.8) is 0 Å². The van der Waals surface area contributed by atoms with Crippen molar-refractivity contribution in [2.45, 2.75) is 44.2 Å². The number of aromatic nitrogens is 3. The van der Waals surface area contributed by atoms with Gasteiger partial charge < -0.3 is 4.90 Å². The first-order chi connectivity index (χ1) is 9.33. The molecular weight excluding hydrogens is 260 g/mol. The van der Waals surface area contributed by atoms with E-state index >= 15 is 0 Å². The number of hydrogen-bond donors (Lipinski definition) is 2. The number of nitrogen functional groups attached to an aromatic ring is 1.